The standard InChI is InChI=1S/C15H22N2O4/c1-4-6-15(14(19)20)7-5-8-17(9-15)13(18)12-10(2)16-21-11(12)3/h4-9H2,1-3H3,(H,19,20). The Kier molecular flexibility index (Phi) is 4.34. The molecule has 1 unspecified atom stereocenters. The third kappa shape index (κ3) is 2.80. The van der Waals surface area contributed by atoms with Gasteiger partial charge in [0.05, 0.1) is 11.1 Å². The number of likely N-dealkylation sites (tertiary alicyclic amines) is 1. The Balaban J connectivity index is 2.25. The van der Waals surface area contributed by atoms with Gasteiger partial charge < -0.3 is 14.5 Å². The van der Waals surface area contributed by atoms with E-state index in [1.165, 1.54) is 0 Å². The van der Waals surface area contributed by atoms with Gasteiger partial charge in [0.2, 0.25) is 0 Å². The summed E-state index contributed by atoms with van der Waals surface area (Å²) in [6.07, 6.45) is 2.72. The van der Waals surface area contributed by atoms with Crippen LogP contribution < -0.4 is 0 Å². The van der Waals surface area contributed by atoms with E-state index in [4.69, 9.17) is 4.52 Å². The van der Waals surface area contributed by atoms with Gasteiger partial charge in [-0.15, -0.1) is 0 Å². The van der Waals surface area contributed by atoms with Crippen LogP contribution in [0.5, 0.6) is 0 Å². The number of carboxylic acids is 1. The minimum Gasteiger partial charge on any atom is -0.481 e. The number of aryl methyl sites for hydroxylation is 2. The third-order valence-electron chi connectivity index (χ3n) is 4.29. The van der Waals surface area contributed by atoms with Crippen molar-refractivity contribution in [1.82, 2.24) is 10.1 Å². The Hall–Kier alpha value is -1.85. The van der Waals surface area contributed by atoms with Gasteiger partial charge in [0, 0.05) is 13.1 Å². The average molecular weight is 294 g/mol. The number of hydrogen-bond donors (Lipinski definition) is 1. The lowest BCUT2D eigenvalue weighted by Crippen LogP contribution is -2.50. The number of carbonyl (C=O) groups excluding carboxylic acids is 1. The normalized spacial score (nSPS) is 22.3. The van der Waals surface area contributed by atoms with Crippen molar-refractivity contribution in [1.29, 1.82) is 0 Å². The number of rotatable bonds is 4. The van der Waals surface area contributed by atoms with Crippen LogP contribution >= 0.6 is 0 Å². The summed E-state index contributed by atoms with van der Waals surface area (Å²) in [5.41, 5.74) is 0.203. The highest BCUT2D eigenvalue weighted by atomic mass is 16.5. The molecule has 1 fully saturated rings. The first-order valence-electron chi connectivity index (χ1n) is 7.37. The molecule has 1 atom stereocenters. The zero-order valence-corrected chi connectivity index (χ0v) is 12.8. The summed E-state index contributed by atoms with van der Waals surface area (Å²) in [6.45, 7) is 6.25. The van der Waals surface area contributed by atoms with Crippen LogP contribution in [-0.4, -0.2) is 40.1 Å². The first kappa shape index (κ1) is 15.5. The number of amides is 1. The largest absolute Gasteiger partial charge is 0.481 e. The molecule has 0 bridgehead atoms. The Morgan fingerprint density at radius 3 is 2.67 bits per heavy atom. The molecule has 1 aliphatic heterocycles. The summed E-state index contributed by atoms with van der Waals surface area (Å²) in [6, 6.07) is 0. The molecule has 6 nitrogen and oxygen atoms in total. The minimum absolute atomic E-state index is 0.173. The predicted octanol–water partition coefficient (Wildman–Crippen LogP) is 2.40. The Morgan fingerprint density at radius 1 is 1.43 bits per heavy atom. The fourth-order valence-corrected chi connectivity index (χ4v) is 3.22. The highest BCUT2D eigenvalue weighted by Crippen LogP contribution is 2.36. The highest BCUT2D eigenvalue weighted by Gasteiger charge is 2.43. The fourth-order valence-electron chi connectivity index (χ4n) is 3.22. The number of aromatic nitrogens is 1. The van der Waals surface area contributed by atoms with E-state index in [9.17, 15) is 14.7 Å². The molecule has 1 N–H and O–H groups in total. The van der Waals surface area contributed by atoms with Crippen LogP contribution in [0.2, 0.25) is 0 Å². The fraction of sp³-hybridized carbons (Fsp3) is 0.667. The van der Waals surface area contributed by atoms with Gasteiger partial charge in [0.25, 0.3) is 5.91 Å². The van der Waals surface area contributed by atoms with Crippen LogP contribution in [0.3, 0.4) is 0 Å². The van der Waals surface area contributed by atoms with Crippen molar-refractivity contribution < 1.29 is 19.2 Å². The van der Waals surface area contributed by atoms with Crippen molar-refractivity contribution in [3.8, 4) is 0 Å². The van der Waals surface area contributed by atoms with Gasteiger partial charge in [0.15, 0.2) is 0 Å². The number of carbonyl (C=O) groups is 2. The molecule has 1 aliphatic rings. The molecular weight excluding hydrogens is 272 g/mol. The van der Waals surface area contributed by atoms with Crippen molar-refractivity contribution in [3.05, 3.63) is 17.0 Å². The highest BCUT2D eigenvalue weighted by molar-refractivity contribution is 5.96. The SMILES string of the molecule is CCCC1(C(=O)O)CCCN(C(=O)c2c(C)noc2C)C1. The van der Waals surface area contributed by atoms with Gasteiger partial charge in [-0.3, -0.25) is 9.59 Å². The maximum absolute atomic E-state index is 12.7. The zero-order chi connectivity index (χ0) is 15.6. The zero-order valence-electron chi connectivity index (χ0n) is 12.8. The predicted molar refractivity (Wildman–Crippen MR) is 76.1 cm³/mol. The summed E-state index contributed by atoms with van der Waals surface area (Å²) in [5, 5.41) is 13.4. The van der Waals surface area contributed by atoms with Crippen LogP contribution in [0.1, 0.15) is 54.4 Å². The molecule has 2 rings (SSSR count). The van der Waals surface area contributed by atoms with Crippen LogP contribution in [0.25, 0.3) is 0 Å². The van der Waals surface area contributed by atoms with E-state index in [-0.39, 0.29) is 12.5 Å². The van der Waals surface area contributed by atoms with Gasteiger partial charge in [-0.2, -0.15) is 0 Å². The molecule has 21 heavy (non-hydrogen) atoms. The van der Waals surface area contributed by atoms with Crippen molar-refractivity contribution in [2.24, 2.45) is 5.41 Å². The molecule has 1 amide bonds. The Bertz CT molecular complexity index is 528. The molecule has 116 valence electrons. The smallest absolute Gasteiger partial charge is 0.311 e. The Labute approximate surface area is 124 Å². The molecule has 6 heteroatoms. The molecule has 1 aromatic heterocycles. The number of nitrogens with zero attached hydrogens (tertiary/aromatic N) is 2. The Morgan fingerprint density at radius 2 is 2.14 bits per heavy atom. The maximum atomic E-state index is 12.7. The van der Waals surface area contributed by atoms with Crippen LogP contribution in [0, 0.1) is 19.3 Å². The molecule has 1 aromatic rings. The van der Waals surface area contributed by atoms with Gasteiger partial charge in [-0.25, -0.2) is 0 Å². The number of piperidine rings is 1. The molecular formula is C15H22N2O4. The summed E-state index contributed by atoms with van der Waals surface area (Å²) < 4.78 is 5.04. The van der Waals surface area contributed by atoms with E-state index >= 15 is 0 Å². The van der Waals surface area contributed by atoms with Gasteiger partial charge in [0.1, 0.15) is 11.3 Å². The quantitative estimate of drug-likeness (QED) is 0.921. The maximum Gasteiger partial charge on any atom is 0.311 e. The molecule has 2 heterocycles. The van der Waals surface area contributed by atoms with Gasteiger partial charge in [-0.05, 0) is 33.1 Å². The van der Waals surface area contributed by atoms with Crippen LogP contribution in [0.4, 0.5) is 0 Å². The molecule has 0 spiro atoms. The molecule has 0 radical (unpaired) electrons. The minimum atomic E-state index is -0.818. The number of hydrogen-bond acceptors (Lipinski definition) is 4. The second kappa shape index (κ2) is 5.87. The monoisotopic (exact) mass is 294 g/mol. The molecule has 1 saturated heterocycles. The summed E-state index contributed by atoms with van der Waals surface area (Å²) >= 11 is 0. The first-order valence-corrected chi connectivity index (χ1v) is 7.37. The second-order valence-corrected chi connectivity index (χ2v) is 5.86. The topological polar surface area (TPSA) is 83.6 Å². The van der Waals surface area contributed by atoms with Crippen molar-refractivity contribution >= 4 is 11.9 Å². The van der Waals surface area contributed by atoms with E-state index in [0.717, 1.165) is 6.42 Å². The van der Waals surface area contributed by atoms with Crippen molar-refractivity contribution in [2.45, 2.75) is 46.5 Å². The van der Waals surface area contributed by atoms with E-state index in [0.29, 0.717) is 42.8 Å². The molecule has 0 saturated carbocycles. The average Bonchev–Trinajstić information content (AvgIpc) is 2.78. The summed E-state index contributed by atoms with van der Waals surface area (Å²) in [4.78, 5) is 26.0. The first-order chi connectivity index (χ1) is 9.91. The lowest BCUT2D eigenvalue weighted by atomic mass is 9.76. The van der Waals surface area contributed by atoms with Crippen molar-refractivity contribution in [3.63, 3.8) is 0 Å². The molecule has 0 aromatic carbocycles. The lowest BCUT2D eigenvalue weighted by Gasteiger charge is -2.39. The molecule has 0 aliphatic carbocycles. The van der Waals surface area contributed by atoms with Gasteiger partial charge >= 0.3 is 5.97 Å². The van der Waals surface area contributed by atoms with E-state index in [1.54, 1.807) is 18.7 Å². The van der Waals surface area contributed by atoms with E-state index < -0.39 is 11.4 Å². The van der Waals surface area contributed by atoms with E-state index in [2.05, 4.69) is 5.16 Å². The second-order valence-electron chi connectivity index (χ2n) is 5.86. The van der Waals surface area contributed by atoms with E-state index in [1.807, 2.05) is 6.92 Å². The summed E-state index contributed by atoms with van der Waals surface area (Å²) in [7, 11) is 0. The number of carboxylic acid groups (broad SMARTS) is 1. The summed E-state index contributed by atoms with van der Waals surface area (Å²) in [5.74, 6) is -0.493. The van der Waals surface area contributed by atoms with Gasteiger partial charge in [-0.1, -0.05) is 18.5 Å². The van der Waals surface area contributed by atoms with Crippen LogP contribution in [-0.2, 0) is 4.79 Å². The third-order valence-corrected chi connectivity index (χ3v) is 4.29. The lowest BCUT2D eigenvalue weighted by molar-refractivity contribution is -0.152. The van der Waals surface area contributed by atoms with Crippen molar-refractivity contribution in [2.75, 3.05) is 13.1 Å². The number of aliphatic carboxylic acids is 1. The van der Waals surface area contributed by atoms with Crippen LogP contribution in [0.15, 0.2) is 4.52 Å².